The third-order valence-electron chi connectivity index (χ3n) is 3.20. The third kappa shape index (κ3) is 4.14. The molecule has 1 amide bonds. The third-order valence-corrected chi connectivity index (χ3v) is 3.20. The summed E-state index contributed by atoms with van der Waals surface area (Å²) in [5.74, 6) is 0.802. The number of nitrogens with zero attached hydrogens (tertiary/aromatic N) is 4. The fraction of sp³-hybridized carbons (Fsp3) is 0.0556. The van der Waals surface area contributed by atoms with Crippen LogP contribution < -0.4 is 10.1 Å². The Kier molecular flexibility index (Phi) is 4.62. The largest absolute Gasteiger partial charge is 0.454 e. The van der Waals surface area contributed by atoms with Crippen LogP contribution in [0.2, 0.25) is 0 Å². The predicted octanol–water partition coefficient (Wildman–Crippen LogP) is 3.10. The van der Waals surface area contributed by atoms with Crippen LogP contribution >= 0.6 is 0 Å². The quantitative estimate of drug-likeness (QED) is 0.788. The predicted molar refractivity (Wildman–Crippen MR) is 90.2 cm³/mol. The first-order valence-corrected chi connectivity index (χ1v) is 7.37. The van der Waals surface area contributed by atoms with Gasteiger partial charge in [-0.1, -0.05) is 6.07 Å². The molecule has 7 nitrogen and oxygen atoms in total. The minimum absolute atomic E-state index is 0.286. The van der Waals surface area contributed by atoms with Crippen molar-refractivity contribution in [2.45, 2.75) is 6.92 Å². The molecule has 0 unspecified atom stereocenters. The van der Waals surface area contributed by atoms with Gasteiger partial charge in [0.15, 0.2) is 5.75 Å². The molecule has 0 bridgehead atoms. The van der Waals surface area contributed by atoms with Gasteiger partial charge in [0.25, 0.3) is 5.91 Å². The number of hydrogen-bond donors (Lipinski definition) is 1. The number of aromatic nitrogens is 3. The Bertz CT molecular complexity index is 951. The molecule has 0 radical (unpaired) electrons. The summed E-state index contributed by atoms with van der Waals surface area (Å²) in [7, 11) is 0. The minimum atomic E-state index is -0.385. The second-order valence-electron chi connectivity index (χ2n) is 5.15. The summed E-state index contributed by atoms with van der Waals surface area (Å²) in [6, 6.07) is 11.9. The van der Waals surface area contributed by atoms with Crippen LogP contribution in [0.15, 0.2) is 55.1 Å². The van der Waals surface area contributed by atoms with Crippen molar-refractivity contribution < 1.29 is 9.53 Å². The second kappa shape index (κ2) is 7.19. The number of carbonyl (C=O) groups excluding carboxylic acids is 1. The maximum atomic E-state index is 12.5. The van der Waals surface area contributed by atoms with Crippen molar-refractivity contribution in [1.29, 1.82) is 5.26 Å². The lowest BCUT2D eigenvalue weighted by molar-refractivity contribution is 0.102. The SMILES string of the molecule is Cc1cccc(NC(=O)c2cc(C#N)cc(Oc3cncnc3)c2)n1. The van der Waals surface area contributed by atoms with Crippen molar-refractivity contribution in [3.63, 3.8) is 0 Å². The average molecular weight is 331 g/mol. The monoisotopic (exact) mass is 331 g/mol. The molecule has 0 saturated heterocycles. The number of carbonyl (C=O) groups is 1. The number of benzene rings is 1. The van der Waals surface area contributed by atoms with Gasteiger partial charge in [0.05, 0.1) is 24.0 Å². The maximum Gasteiger partial charge on any atom is 0.256 e. The van der Waals surface area contributed by atoms with E-state index in [0.717, 1.165) is 5.69 Å². The highest BCUT2D eigenvalue weighted by Crippen LogP contribution is 2.23. The fourth-order valence-corrected chi connectivity index (χ4v) is 2.13. The van der Waals surface area contributed by atoms with Crippen molar-refractivity contribution in [3.8, 4) is 17.6 Å². The Morgan fingerprint density at radius 3 is 2.68 bits per heavy atom. The zero-order chi connectivity index (χ0) is 17.6. The van der Waals surface area contributed by atoms with E-state index in [9.17, 15) is 10.1 Å². The summed E-state index contributed by atoms with van der Waals surface area (Å²) < 4.78 is 5.61. The number of nitriles is 1. The molecule has 3 rings (SSSR count). The van der Waals surface area contributed by atoms with Crippen molar-refractivity contribution in [2.75, 3.05) is 5.32 Å². The molecule has 1 N–H and O–H groups in total. The van der Waals surface area contributed by atoms with Gasteiger partial charge in [0.1, 0.15) is 17.9 Å². The molecular weight excluding hydrogens is 318 g/mol. The highest BCUT2D eigenvalue weighted by molar-refractivity contribution is 6.04. The molecule has 0 aliphatic carbocycles. The highest BCUT2D eigenvalue weighted by Gasteiger charge is 2.11. The zero-order valence-corrected chi connectivity index (χ0v) is 13.3. The molecule has 0 atom stereocenters. The van der Waals surface area contributed by atoms with Crippen LogP contribution in [0.5, 0.6) is 11.5 Å². The molecule has 2 heterocycles. The first kappa shape index (κ1) is 16.1. The lowest BCUT2D eigenvalue weighted by Gasteiger charge is -2.09. The summed E-state index contributed by atoms with van der Waals surface area (Å²) in [4.78, 5) is 24.4. The standard InChI is InChI=1S/C18H13N5O2/c1-12-3-2-4-17(22-12)23-18(24)14-5-13(8-19)6-15(7-14)25-16-9-20-11-21-10-16/h2-7,9-11H,1H3,(H,22,23,24). The summed E-state index contributed by atoms with van der Waals surface area (Å²) in [5, 5.41) is 11.9. The molecular formula is C18H13N5O2. The molecule has 25 heavy (non-hydrogen) atoms. The first-order valence-electron chi connectivity index (χ1n) is 7.37. The van der Waals surface area contributed by atoms with Crippen molar-refractivity contribution in [2.24, 2.45) is 0 Å². The van der Waals surface area contributed by atoms with Crippen LogP contribution in [-0.4, -0.2) is 20.9 Å². The van der Waals surface area contributed by atoms with Gasteiger partial charge in [-0.15, -0.1) is 0 Å². The van der Waals surface area contributed by atoms with E-state index in [1.54, 1.807) is 18.2 Å². The number of amides is 1. The van der Waals surface area contributed by atoms with Crippen molar-refractivity contribution in [3.05, 3.63) is 71.9 Å². The Morgan fingerprint density at radius 2 is 1.96 bits per heavy atom. The van der Waals surface area contributed by atoms with Gasteiger partial charge < -0.3 is 10.1 Å². The lowest BCUT2D eigenvalue weighted by Crippen LogP contribution is -2.13. The molecule has 0 aliphatic rings. The summed E-state index contributed by atoms with van der Waals surface area (Å²) in [6.45, 7) is 1.83. The Balaban J connectivity index is 1.86. The lowest BCUT2D eigenvalue weighted by atomic mass is 10.1. The van der Waals surface area contributed by atoms with Gasteiger partial charge in [-0.05, 0) is 37.3 Å². The van der Waals surface area contributed by atoms with E-state index >= 15 is 0 Å². The number of rotatable bonds is 4. The average Bonchev–Trinajstić information content (AvgIpc) is 2.62. The number of aryl methyl sites for hydroxylation is 1. The molecule has 1 aromatic carbocycles. The summed E-state index contributed by atoms with van der Waals surface area (Å²) in [5.41, 5.74) is 1.38. The van der Waals surface area contributed by atoms with Crippen LogP contribution in [0.4, 0.5) is 5.82 Å². The van der Waals surface area contributed by atoms with Crippen LogP contribution in [0.1, 0.15) is 21.6 Å². The molecule has 7 heteroatoms. The zero-order valence-electron chi connectivity index (χ0n) is 13.3. The summed E-state index contributed by atoms with van der Waals surface area (Å²) in [6.07, 6.45) is 4.36. The number of nitrogens with one attached hydrogen (secondary N) is 1. The highest BCUT2D eigenvalue weighted by atomic mass is 16.5. The van der Waals surface area contributed by atoms with Gasteiger partial charge in [-0.3, -0.25) is 4.79 Å². The van der Waals surface area contributed by atoms with E-state index in [4.69, 9.17) is 4.74 Å². The molecule has 2 aromatic heterocycles. The van der Waals surface area contributed by atoms with Gasteiger partial charge in [0, 0.05) is 11.3 Å². The van der Waals surface area contributed by atoms with Crippen molar-refractivity contribution >= 4 is 11.7 Å². The smallest absolute Gasteiger partial charge is 0.256 e. The molecule has 3 aromatic rings. The van der Waals surface area contributed by atoms with E-state index < -0.39 is 0 Å². The Labute approximate surface area is 144 Å². The molecule has 0 spiro atoms. The molecule has 0 saturated carbocycles. The van der Waals surface area contributed by atoms with Crippen LogP contribution in [-0.2, 0) is 0 Å². The molecule has 122 valence electrons. The summed E-state index contributed by atoms with van der Waals surface area (Å²) >= 11 is 0. The van der Waals surface area contributed by atoms with Crippen LogP contribution in [0.25, 0.3) is 0 Å². The van der Waals surface area contributed by atoms with Crippen molar-refractivity contribution in [1.82, 2.24) is 15.0 Å². The molecule has 0 aliphatic heterocycles. The van der Waals surface area contributed by atoms with E-state index in [2.05, 4.69) is 20.3 Å². The Morgan fingerprint density at radius 1 is 1.16 bits per heavy atom. The molecule has 0 fully saturated rings. The fourth-order valence-electron chi connectivity index (χ4n) is 2.13. The number of hydrogen-bond acceptors (Lipinski definition) is 6. The van der Waals surface area contributed by atoms with E-state index in [-0.39, 0.29) is 11.5 Å². The van der Waals surface area contributed by atoms with E-state index in [1.807, 2.05) is 19.1 Å². The normalized spacial score (nSPS) is 9.92. The number of ether oxygens (including phenoxy) is 1. The topological polar surface area (TPSA) is 101 Å². The van der Waals surface area contributed by atoms with Gasteiger partial charge in [0.2, 0.25) is 0 Å². The minimum Gasteiger partial charge on any atom is -0.454 e. The number of pyridine rings is 1. The Hall–Kier alpha value is -3.79. The van der Waals surface area contributed by atoms with Gasteiger partial charge in [-0.2, -0.15) is 5.26 Å². The maximum absolute atomic E-state index is 12.5. The van der Waals surface area contributed by atoms with Gasteiger partial charge in [-0.25, -0.2) is 15.0 Å². The number of anilines is 1. The van der Waals surface area contributed by atoms with E-state index in [0.29, 0.717) is 22.9 Å². The van der Waals surface area contributed by atoms with Crippen LogP contribution in [0, 0.1) is 18.3 Å². The second-order valence-corrected chi connectivity index (χ2v) is 5.15. The first-order chi connectivity index (χ1) is 12.1. The van der Waals surface area contributed by atoms with E-state index in [1.165, 1.54) is 30.9 Å². The van der Waals surface area contributed by atoms with Crippen LogP contribution in [0.3, 0.4) is 0 Å². The van der Waals surface area contributed by atoms with Gasteiger partial charge >= 0.3 is 0 Å².